The standard InChI is InChI=1S/C90H182N3O45/c91-93-92-1-3-95-5-7-97-9-11-99-13-15-101-17-19-103-21-23-105-25-27-107-29-31-109-33-35-111-37-39-113-41-43-115-45-47-117-49-51-119-53-55-121-57-59-123-61-63-125-65-67-127-69-71-129-73-75-131-77-79-133-81-83-135-85-87-137-89-90-138-88-86-136-84-82-134-80-78-132-76-74-130-72-70-128-68-66-126-64-62-124-60-58-122-56-54-120-52-50-118-48-46-116-44-42-114-40-38-112-36-34-110-32-30-108-28-26-106-24-22-104-20-18-102-16-14-100-12-10-98-8-6-96-4-2-94/h91,94H,1-90H2/q+1. The second kappa shape index (κ2) is 135. The maximum atomic E-state index is 8.63. The van der Waals surface area contributed by atoms with Crippen LogP contribution in [0.5, 0.6) is 0 Å². The third-order valence-electron chi connectivity index (χ3n) is 16.6. The lowest BCUT2D eigenvalue weighted by Gasteiger charge is -2.09. The molecule has 0 unspecified atom stereocenters. The summed E-state index contributed by atoms with van der Waals surface area (Å²) in [5.74, 6) is 0. The Morgan fingerprint density at radius 1 is 0.101 bits per heavy atom. The molecule has 0 fully saturated rings. The monoisotopic (exact) mass is 2030 g/mol. The van der Waals surface area contributed by atoms with Crippen LogP contribution in [0.15, 0.2) is 5.11 Å². The Morgan fingerprint density at radius 2 is 0.159 bits per heavy atom. The van der Waals surface area contributed by atoms with Gasteiger partial charge in [0.25, 0.3) is 0 Å². The van der Waals surface area contributed by atoms with Gasteiger partial charge in [-0.25, -0.2) is 0 Å². The van der Waals surface area contributed by atoms with Crippen LogP contribution in [0.3, 0.4) is 0 Å². The molecule has 0 aromatic rings. The molecule has 48 nitrogen and oxygen atoms in total. The van der Waals surface area contributed by atoms with Crippen molar-refractivity contribution in [2.24, 2.45) is 5.11 Å². The Morgan fingerprint density at radius 3 is 0.217 bits per heavy atom. The number of rotatable bonds is 134. The van der Waals surface area contributed by atoms with E-state index in [1.807, 2.05) is 0 Å². The van der Waals surface area contributed by atoms with Crippen molar-refractivity contribution in [3.8, 4) is 0 Å². The van der Waals surface area contributed by atoms with Crippen molar-refractivity contribution >= 4 is 0 Å². The average molecular weight is 2030 g/mol. The van der Waals surface area contributed by atoms with Gasteiger partial charge in [-0.2, -0.15) is 0 Å². The molecule has 2 N–H and O–H groups in total. The highest BCUT2D eigenvalue weighted by Crippen LogP contribution is 1.97. The van der Waals surface area contributed by atoms with Crippen molar-refractivity contribution < 1.29 is 214 Å². The van der Waals surface area contributed by atoms with Gasteiger partial charge in [0, 0.05) is 0 Å². The zero-order chi connectivity index (χ0) is 98.2. The highest BCUT2D eigenvalue weighted by Gasteiger charge is 2.07. The lowest BCUT2D eigenvalue weighted by atomic mass is 10.6. The molecule has 826 valence electrons. The number of aliphatic hydroxyl groups is 1. The number of nitrogens with one attached hydrogen (secondary N) is 1. The van der Waals surface area contributed by atoms with Gasteiger partial charge in [0.2, 0.25) is 4.91 Å². The molecule has 0 radical (unpaired) electrons. The minimum Gasteiger partial charge on any atom is -0.394 e. The second-order valence-corrected chi connectivity index (χ2v) is 27.6. The molecule has 138 heavy (non-hydrogen) atoms. The van der Waals surface area contributed by atoms with Crippen LogP contribution < -0.4 is 4.91 Å². The van der Waals surface area contributed by atoms with Crippen LogP contribution in [0.2, 0.25) is 0 Å². The van der Waals surface area contributed by atoms with Gasteiger partial charge in [-0.1, -0.05) is 0 Å². The maximum absolute atomic E-state index is 8.63. The summed E-state index contributed by atoms with van der Waals surface area (Å²) < 4.78 is 242. The van der Waals surface area contributed by atoms with Crippen LogP contribution in [0, 0.1) is 5.53 Å². The van der Waals surface area contributed by atoms with Gasteiger partial charge < -0.3 is 214 Å². The Hall–Kier alpha value is -2.49. The number of ether oxygens (including phenoxy) is 44. The van der Waals surface area contributed by atoms with Crippen LogP contribution in [-0.2, 0) is 208 Å². The van der Waals surface area contributed by atoms with E-state index >= 15 is 0 Å². The van der Waals surface area contributed by atoms with E-state index in [0.717, 1.165) is 0 Å². The first-order valence-corrected chi connectivity index (χ1v) is 49.0. The third-order valence-corrected chi connectivity index (χ3v) is 16.6. The van der Waals surface area contributed by atoms with Crippen LogP contribution in [0.25, 0.3) is 0 Å². The summed E-state index contributed by atoms with van der Waals surface area (Å²) in [5, 5.41) is 12.1. The first-order chi connectivity index (χ1) is 68.9. The molecular weight excluding hydrogens is 1840 g/mol. The molecule has 0 aliphatic carbocycles. The fourth-order valence-corrected chi connectivity index (χ4v) is 9.78. The van der Waals surface area contributed by atoms with Gasteiger partial charge in [-0.3, -0.25) is 0 Å². The van der Waals surface area contributed by atoms with Crippen LogP contribution in [-0.4, -0.2) is 600 Å². The van der Waals surface area contributed by atoms with Gasteiger partial charge in [0.05, 0.1) is 588 Å². The Balaban J connectivity index is 3.11. The van der Waals surface area contributed by atoms with Crippen molar-refractivity contribution in [1.82, 2.24) is 4.91 Å². The van der Waals surface area contributed by atoms with E-state index in [4.69, 9.17) is 219 Å². The lowest BCUT2D eigenvalue weighted by molar-refractivity contribution is -0.0329. The Labute approximate surface area is 820 Å². The first kappa shape index (κ1) is 136. The largest absolute Gasteiger partial charge is 0.394 e. The van der Waals surface area contributed by atoms with Crippen molar-refractivity contribution in [2.75, 3.05) is 595 Å². The van der Waals surface area contributed by atoms with Gasteiger partial charge in [-0.15, -0.1) is 0 Å². The predicted octanol–water partition coefficient (Wildman–Crippen LogP) is 0.259. The summed E-state index contributed by atoms with van der Waals surface area (Å²) in [7, 11) is 0. The summed E-state index contributed by atoms with van der Waals surface area (Å²) in [6.45, 7) is 42.1. The average Bonchev–Trinajstić information content (AvgIpc) is 1.10. The molecule has 0 saturated heterocycles. The number of nitrogens with zero attached hydrogens (tertiary/aromatic N) is 2. The first-order valence-electron chi connectivity index (χ1n) is 49.0. The third kappa shape index (κ3) is 134. The van der Waals surface area contributed by atoms with Gasteiger partial charge in [0.15, 0.2) is 0 Å². The van der Waals surface area contributed by atoms with Crippen molar-refractivity contribution in [1.29, 1.82) is 5.53 Å². The minimum absolute atomic E-state index is 0.0141. The molecule has 0 amide bonds. The SMILES string of the molecule is N=[N+]=NCCOCCOCCOCCOCCOCCOCCOCCOCCOCCOCCOCCOCCOCCOCCOCCOCCOCCOCCOCCOCCOCCOCCOCCOCCOCCOCCOCCOCCOCCOCCOCCOCCOCCOCCOCCOCCOCCOCCOCCOCCOCCOCCOCCOCCO. The Bertz CT molecular complexity index is 1990. The summed E-state index contributed by atoms with van der Waals surface area (Å²) in [5.41, 5.74) is 6.55. The highest BCUT2D eigenvalue weighted by atomic mass is 16.7. The van der Waals surface area contributed by atoms with Crippen LogP contribution in [0.1, 0.15) is 0 Å². The molecule has 0 aromatic heterocycles. The van der Waals surface area contributed by atoms with E-state index in [1.165, 1.54) is 0 Å². The van der Waals surface area contributed by atoms with Crippen molar-refractivity contribution in [3.63, 3.8) is 0 Å². The molecule has 0 rings (SSSR count). The normalized spacial score (nSPS) is 11.8. The maximum Gasteiger partial charge on any atom is 0.214 e. The molecule has 0 heterocycles. The number of hydrogen-bond acceptors (Lipinski definition) is 47. The zero-order valence-electron chi connectivity index (χ0n) is 83.4. The molecule has 0 atom stereocenters. The molecular formula is C90H182N3O45+. The molecule has 0 saturated carbocycles. The number of aliphatic hydroxyl groups excluding tert-OH is 1. The van der Waals surface area contributed by atoms with E-state index in [-0.39, 0.29) is 6.61 Å². The quantitative estimate of drug-likeness (QED) is 0.0468. The molecule has 0 aliphatic rings. The molecule has 48 heteroatoms. The van der Waals surface area contributed by atoms with Crippen molar-refractivity contribution in [3.05, 3.63) is 0 Å². The van der Waals surface area contributed by atoms with E-state index in [2.05, 4.69) is 10.0 Å². The summed E-state index contributed by atoms with van der Waals surface area (Å²) in [4.78, 5) is 2.91. The molecule has 0 bridgehead atoms. The van der Waals surface area contributed by atoms with Gasteiger partial charge in [-0.05, 0) is 0 Å². The van der Waals surface area contributed by atoms with Crippen molar-refractivity contribution in [2.45, 2.75) is 0 Å². The summed E-state index contributed by atoms with van der Waals surface area (Å²) in [6, 6.07) is 0. The summed E-state index contributed by atoms with van der Waals surface area (Å²) in [6.07, 6.45) is 0. The predicted molar refractivity (Wildman–Crippen MR) is 495 cm³/mol. The summed E-state index contributed by atoms with van der Waals surface area (Å²) >= 11 is 0. The second-order valence-electron chi connectivity index (χ2n) is 27.6. The minimum atomic E-state index is 0.0141. The van der Waals surface area contributed by atoms with Gasteiger partial charge in [0.1, 0.15) is 17.2 Å². The smallest absolute Gasteiger partial charge is 0.214 e. The fourth-order valence-electron chi connectivity index (χ4n) is 9.78. The van der Waals surface area contributed by atoms with E-state index < -0.39 is 0 Å². The van der Waals surface area contributed by atoms with E-state index in [0.29, 0.717) is 588 Å². The van der Waals surface area contributed by atoms with E-state index in [1.54, 1.807) is 0 Å². The van der Waals surface area contributed by atoms with Crippen LogP contribution in [0.4, 0.5) is 0 Å². The highest BCUT2D eigenvalue weighted by molar-refractivity contribution is 4.49. The fraction of sp³-hybridized carbons (Fsp3) is 1.00. The van der Waals surface area contributed by atoms with Crippen LogP contribution >= 0.6 is 0 Å². The van der Waals surface area contributed by atoms with Gasteiger partial charge >= 0.3 is 0 Å². The van der Waals surface area contributed by atoms with E-state index in [9.17, 15) is 0 Å². The topological polar surface area (TPSA) is 477 Å². The number of hydrogen-bond donors (Lipinski definition) is 2. The Kier molecular flexibility index (Phi) is 132. The molecule has 0 aromatic carbocycles. The lowest BCUT2D eigenvalue weighted by Crippen LogP contribution is -2.16. The molecule has 0 spiro atoms. The molecule has 0 aliphatic heterocycles. The zero-order valence-corrected chi connectivity index (χ0v) is 83.4.